The zero-order valence-corrected chi connectivity index (χ0v) is 16.0. The first-order valence-electron chi connectivity index (χ1n) is 9.71. The molecule has 1 N–H and O–H groups in total. The van der Waals surface area contributed by atoms with E-state index in [-0.39, 0.29) is 12.5 Å². The predicted molar refractivity (Wildman–Crippen MR) is 105 cm³/mol. The molecule has 0 bridgehead atoms. The highest BCUT2D eigenvalue weighted by Crippen LogP contribution is 2.32. The van der Waals surface area contributed by atoms with Gasteiger partial charge in [-0.25, -0.2) is 4.98 Å². The van der Waals surface area contributed by atoms with Gasteiger partial charge in [0, 0.05) is 19.0 Å². The Morgan fingerprint density at radius 1 is 1.27 bits per heavy atom. The average molecular weight is 374 g/mol. The van der Waals surface area contributed by atoms with Crippen LogP contribution in [0, 0.1) is 5.92 Å². The predicted octanol–water partition coefficient (Wildman–Crippen LogP) is 3.02. The summed E-state index contributed by atoms with van der Waals surface area (Å²) in [6.07, 6.45) is 4.45. The summed E-state index contributed by atoms with van der Waals surface area (Å²) >= 11 is 1.77. The highest BCUT2D eigenvalue weighted by molar-refractivity contribution is 7.18. The van der Waals surface area contributed by atoms with Crippen LogP contribution in [0.1, 0.15) is 36.6 Å². The van der Waals surface area contributed by atoms with E-state index in [4.69, 9.17) is 9.72 Å². The van der Waals surface area contributed by atoms with E-state index >= 15 is 0 Å². The Bertz CT molecular complexity index is 708. The molecular formula is C20H27N3O2S. The van der Waals surface area contributed by atoms with Crippen molar-refractivity contribution in [3.63, 3.8) is 0 Å². The van der Waals surface area contributed by atoms with Crippen molar-refractivity contribution in [2.45, 2.75) is 31.6 Å². The molecule has 1 atom stereocenters. The van der Waals surface area contributed by atoms with Gasteiger partial charge in [0.15, 0.2) is 0 Å². The van der Waals surface area contributed by atoms with Crippen LogP contribution in [0.5, 0.6) is 0 Å². The third-order valence-corrected chi connectivity index (χ3v) is 6.67. The Morgan fingerprint density at radius 2 is 2.12 bits per heavy atom. The number of hydrogen-bond donors (Lipinski definition) is 1. The Morgan fingerprint density at radius 3 is 2.96 bits per heavy atom. The maximum Gasteiger partial charge on any atom is 0.248 e. The lowest BCUT2D eigenvalue weighted by Gasteiger charge is -2.32. The third-order valence-electron chi connectivity index (χ3n) is 5.47. The number of likely N-dealkylation sites (tertiary alicyclic amines) is 1. The molecule has 2 aliphatic heterocycles. The van der Waals surface area contributed by atoms with Crippen molar-refractivity contribution in [2.75, 3.05) is 39.4 Å². The molecule has 0 aliphatic carbocycles. The van der Waals surface area contributed by atoms with Gasteiger partial charge < -0.3 is 15.0 Å². The fourth-order valence-corrected chi connectivity index (χ4v) is 5.02. The first kappa shape index (κ1) is 17.9. The van der Waals surface area contributed by atoms with Crippen molar-refractivity contribution in [3.05, 3.63) is 29.3 Å². The maximum absolute atomic E-state index is 12.6. The molecule has 1 aromatic heterocycles. The van der Waals surface area contributed by atoms with Gasteiger partial charge in [-0.2, -0.15) is 0 Å². The van der Waals surface area contributed by atoms with Gasteiger partial charge in [-0.3, -0.25) is 4.79 Å². The van der Waals surface area contributed by atoms with Crippen molar-refractivity contribution in [2.24, 2.45) is 5.92 Å². The number of benzene rings is 1. The molecule has 1 unspecified atom stereocenters. The van der Waals surface area contributed by atoms with Gasteiger partial charge in [0.1, 0.15) is 6.61 Å². The number of aromatic nitrogens is 1. The van der Waals surface area contributed by atoms with Crippen LogP contribution in [0.4, 0.5) is 0 Å². The molecule has 2 saturated heterocycles. The van der Waals surface area contributed by atoms with E-state index in [1.165, 1.54) is 9.71 Å². The number of fused-ring (bicyclic) bond motifs is 1. The molecule has 2 fully saturated rings. The molecule has 0 radical (unpaired) electrons. The quantitative estimate of drug-likeness (QED) is 0.875. The minimum atomic E-state index is 0.129. The summed E-state index contributed by atoms with van der Waals surface area (Å²) in [5.74, 6) is 1.08. The molecule has 0 spiro atoms. The number of rotatable bonds is 5. The largest absolute Gasteiger partial charge is 0.371 e. The third kappa shape index (κ3) is 4.24. The van der Waals surface area contributed by atoms with Crippen LogP contribution < -0.4 is 5.32 Å². The van der Waals surface area contributed by atoms with Gasteiger partial charge in [0.25, 0.3) is 0 Å². The van der Waals surface area contributed by atoms with Gasteiger partial charge in [-0.15, -0.1) is 11.3 Å². The van der Waals surface area contributed by atoms with Crippen molar-refractivity contribution >= 4 is 27.5 Å². The molecule has 6 heteroatoms. The SMILES string of the molecule is O=C(COCC1CCNCC1)N1CCCC(c2nc3ccccc3s2)C1. The van der Waals surface area contributed by atoms with Crippen LogP contribution in [-0.2, 0) is 9.53 Å². The number of nitrogens with one attached hydrogen (secondary N) is 1. The monoisotopic (exact) mass is 373 g/mol. The second-order valence-electron chi connectivity index (χ2n) is 7.41. The van der Waals surface area contributed by atoms with E-state index in [1.807, 2.05) is 11.0 Å². The van der Waals surface area contributed by atoms with Crippen LogP contribution in [0.15, 0.2) is 24.3 Å². The lowest BCUT2D eigenvalue weighted by Crippen LogP contribution is -2.41. The number of thiazole rings is 1. The minimum Gasteiger partial charge on any atom is -0.371 e. The molecule has 3 heterocycles. The molecule has 1 amide bonds. The average Bonchev–Trinajstić information content (AvgIpc) is 3.13. The second kappa shape index (κ2) is 8.46. The Kier molecular flexibility index (Phi) is 5.82. The highest BCUT2D eigenvalue weighted by atomic mass is 32.1. The van der Waals surface area contributed by atoms with Gasteiger partial charge in [0.2, 0.25) is 5.91 Å². The molecule has 26 heavy (non-hydrogen) atoms. The summed E-state index contributed by atoms with van der Waals surface area (Å²) < 4.78 is 6.98. The van der Waals surface area contributed by atoms with Crippen LogP contribution in [-0.4, -0.2) is 55.2 Å². The summed E-state index contributed by atoms with van der Waals surface area (Å²) in [6, 6.07) is 8.27. The van der Waals surface area contributed by atoms with Crippen LogP contribution in [0.25, 0.3) is 10.2 Å². The summed E-state index contributed by atoms with van der Waals surface area (Å²) in [7, 11) is 0. The van der Waals surface area contributed by atoms with Gasteiger partial charge in [-0.1, -0.05) is 12.1 Å². The number of ether oxygens (including phenoxy) is 1. The first-order chi connectivity index (χ1) is 12.8. The number of carbonyl (C=O) groups is 1. The summed E-state index contributed by atoms with van der Waals surface area (Å²) in [5.41, 5.74) is 1.07. The van der Waals surface area contributed by atoms with Crippen molar-refractivity contribution < 1.29 is 9.53 Å². The number of nitrogens with zero attached hydrogens (tertiary/aromatic N) is 2. The number of hydrogen-bond acceptors (Lipinski definition) is 5. The van der Waals surface area contributed by atoms with Crippen molar-refractivity contribution in [3.8, 4) is 0 Å². The summed E-state index contributed by atoms with van der Waals surface area (Å²) in [5, 5.41) is 4.53. The lowest BCUT2D eigenvalue weighted by molar-refractivity contribution is -0.137. The van der Waals surface area contributed by atoms with Crippen molar-refractivity contribution in [1.82, 2.24) is 15.2 Å². The first-order valence-corrected chi connectivity index (χ1v) is 10.5. The molecule has 140 valence electrons. The summed E-state index contributed by atoms with van der Waals surface area (Å²) in [6.45, 7) is 4.68. The van der Waals surface area contributed by atoms with Crippen LogP contribution in [0.3, 0.4) is 0 Å². The number of para-hydroxylation sites is 1. The van der Waals surface area contributed by atoms with Crippen molar-refractivity contribution in [1.29, 1.82) is 0 Å². The molecule has 5 nitrogen and oxygen atoms in total. The fourth-order valence-electron chi connectivity index (χ4n) is 3.92. The Labute approximate surface area is 158 Å². The zero-order valence-electron chi connectivity index (χ0n) is 15.2. The number of piperidine rings is 2. The molecule has 0 saturated carbocycles. The fraction of sp³-hybridized carbons (Fsp3) is 0.600. The maximum atomic E-state index is 12.6. The van der Waals surface area contributed by atoms with E-state index in [2.05, 4.69) is 23.5 Å². The molecule has 2 aromatic rings. The Hall–Kier alpha value is -1.50. The number of amides is 1. The van der Waals surface area contributed by atoms with E-state index < -0.39 is 0 Å². The molecule has 2 aliphatic rings. The van der Waals surface area contributed by atoms with Crippen LogP contribution >= 0.6 is 11.3 Å². The van der Waals surface area contributed by atoms with E-state index in [1.54, 1.807) is 11.3 Å². The number of carbonyl (C=O) groups excluding carboxylic acids is 1. The van der Waals surface area contributed by atoms with E-state index in [0.29, 0.717) is 18.4 Å². The molecule has 1 aromatic carbocycles. The second-order valence-corrected chi connectivity index (χ2v) is 8.47. The molecule has 4 rings (SSSR count). The van der Waals surface area contributed by atoms with Gasteiger partial charge >= 0.3 is 0 Å². The van der Waals surface area contributed by atoms with E-state index in [0.717, 1.165) is 57.4 Å². The standard InChI is InChI=1S/C20H27N3O2S/c24-19(14-25-13-15-7-9-21-10-8-15)23-11-3-4-16(12-23)20-22-17-5-1-2-6-18(17)26-20/h1-2,5-6,15-16,21H,3-4,7-14H2. The van der Waals surface area contributed by atoms with Crippen LogP contribution in [0.2, 0.25) is 0 Å². The topological polar surface area (TPSA) is 54.5 Å². The lowest BCUT2D eigenvalue weighted by atomic mass is 9.98. The highest BCUT2D eigenvalue weighted by Gasteiger charge is 2.27. The molecular weight excluding hydrogens is 346 g/mol. The van der Waals surface area contributed by atoms with E-state index in [9.17, 15) is 4.79 Å². The summed E-state index contributed by atoms with van der Waals surface area (Å²) in [4.78, 5) is 19.3. The van der Waals surface area contributed by atoms with Gasteiger partial charge in [0.05, 0.1) is 21.8 Å². The normalized spacial score (nSPS) is 22.0. The minimum absolute atomic E-state index is 0.129. The smallest absolute Gasteiger partial charge is 0.248 e. The Balaban J connectivity index is 1.30. The zero-order chi connectivity index (χ0) is 17.8. The van der Waals surface area contributed by atoms with Gasteiger partial charge in [-0.05, 0) is 56.8 Å².